The van der Waals surface area contributed by atoms with Crippen LogP contribution in [0.1, 0.15) is 30.0 Å². The lowest BCUT2D eigenvalue weighted by atomic mass is 10.1. The summed E-state index contributed by atoms with van der Waals surface area (Å²) in [6, 6.07) is 5.87. The number of hydrogen-bond acceptors (Lipinski definition) is 5. The Balaban J connectivity index is 1.75. The van der Waals surface area contributed by atoms with Crippen LogP contribution in [-0.2, 0) is 0 Å². The van der Waals surface area contributed by atoms with Gasteiger partial charge in [0.25, 0.3) is 0 Å². The van der Waals surface area contributed by atoms with Crippen molar-refractivity contribution in [3.8, 4) is 0 Å². The van der Waals surface area contributed by atoms with Crippen LogP contribution in [0.15, 0.2) is 36.0 Å². The summed E-state index contributed by atoms with van der Waals surface area (Å²) in [6.45, 7) is 0. The molecule has 3 heterocycles. The molecule has 1 atom stereocenters. The number of aromatic amines is 1. The highest BCUT2D eigenvalue weighted by atomic mass is 32.2. The summed E-state index contributed by atoms with van der Waals surface area (Å²) < 4.78 is 0. The Kier molecular flexibility index (Phi) is 2.78. The number of nitrogens with two attached hydrogens (primary N) is 1. The van der Waals surface area contributed by atoms with E-state index in [1.165, 1.54) is 18.5 Å². The zero-order valence-corrected chi connectivity index (χ0v) is 11.7. The van der Waals surface area contributed by atoms with Gasteiger partial charge >= 0.3 is 0 Å². The van der Waals surface area contributed by atoms with Gasteiger partial charge in [-0.05, 0) is 30.4 Å². The number of hydrogen-bond donors (Lipinski definition) is 2. The average Bonchev–Trinajstić information content (AvgIpc) is 3.08. The standard InChI is InChI=1S/C14H15N5S/c15-14-19(12-3-1-2-6-16-12)11(8-20-14)10-7-17-18-13(10)9-4-5-9/h1-3,6-9,14H,4-5,15H2,(H,17,18). The summed E-state index contributed by atoms with van der Waals surface area (Å²) in [7, 11) is 0. The molecule has 1 unspecified atom stereocenters. The maximum absolute atomic E-state index is 6.22. The van der Waals surface area contributed by atoms with Crippen LogP contribution in [0, 0.1) is 0 Å². The summed E-state index contributed by atoms with van der Waals surface area (Å²) in [4.78, 5) is 6.49. The quantitative estimate of drug-likeness (QED) is 0.906. The molecule has 0 radical (unpaired) electrons. The highest BCUT2D eigenvalue weighted by Gasteiger charge is 2.33. The third-order valence-corrected chi connectivity index (χ3v) is 4.51. The van der Waals surface area contributed by atoms with E-state index in [0.717, 1.165) is 17.1 Å². The Labute approximate surface area is 121 Å². The van der Waals surface area contributed by atoms with E-state index >= 15 is 0 Å². The number of aromatic nitrogens is 3. The molecule has 1 fully saturated rings. The van der Waals surface area contributed by atoms with Crippen molar-refractivity contribution in [1.29, 1.82) is 0 Å². The number of nitrogens with one attached hydrogen (secondary N) is 1. The topological polar surface area (TPSA) is 70.8 Å². The Bertz CT molecular complexity index is 647. The number of nitrogens with zero attached hydrogens (tertiary/aromatic N) is 3. The molecule has 0 saturated heterocycles. The fourth-order valence-corrected chi connectivity index (χ4v) is 3.37. The van der Waals surface area contributed by atoms with Crippen molar-refractivity contribution in [2.45, 2.75) is 24.3 Å². The second-order valence-corrected chi connectivity index (χ2v) is 6.05. The van der Waals surface area contributed by atoms with Gasteiger partial charge in [-0.15, -0.1) is 0 Å². The zero-order valence-electron chi connectivity index (χ0n) is 10.9. The van der Waals surface area contributed by atoms with Crippen molar-refractivity contribution in [3.05, 3.63) is 47.3 Å². The predicted octanol–water partition coefficient (Wildman–Crippen LogP) is 2.48. The van der Waals surface area contributed by atoms with Crippen molar-refractivity contribution >= 4 is 23.3 Å². The molecule has 1 aliphatic heterocycles. The lowest BCUT2D eigenvalue weighted by Crippen LogP contribution is -2.35. The second-order valence-electron chi connectivity index (χ2n) is 5.06. The van der Waals surface area contributed by atoms with E-state index in [1.54, 1.807) is 18.0 Å². The molecule has 20 heavy (non-hydrogen) atoms. The minimum absolute atomic E-state index is 0.137. The Morgan fingerprint density at radius 2 is 2.25 bits per heavy atom. The fourth-order valence-electron chi connectivity index (χ4n) is 2.52. The lowest BCUT2D eigenvalue weighted by Gasteiger charge is -2.25. The fraction of sp³-hybridized carbons (Fsp3) is 0.286. The summed E-state index contributed by atoms with van der Waals surface area (Å²) >= 11 is 1.61. The SMILES string of the molecule is NC1SC=C(c2cn[nH]c2C2CC2)N1c1ccccn1. The molecule has 102 valence electrons. The van der Waals surface area contributed by atoms with Gasteiger partial charge in [-0.1, -0.05) is 17.8 Å². The Morgan fingerprint density at radius 3 is 3.00 bits per heavy atom. The molecule has 0 aromatic carbocycles. The van der Waals surface area contributed by atoms with Crippen molar-refractivity contribution in [3.63, 3.8) is 0 Å². The van der Waals surface area contributed by atoms with Crippen LogP contribution in [0.25, 0.3) is 5.70 Å². The van der Waals surface area contributed by atoms with Gasteiger partial charge in [0.15, 0.2) is 0 Å². The van der Waals surface area contributed by atoms with E-state index in [0.29, 0.717) is 5.92 Å². The molecule has 1 aliphatic carbocycles. The number of anilines is 1. The smallest absolute Gasteiger partial charge is 0.135 e. The molecular weight excluding hydrogens is 270 g/mol. The van der Waals surface area contributed by atoms with Crippen LogP contribution >= 0.6 is 11.8 Å². The minimum atomic E-state index is -0.137. The van der Waals surface area contributed by atoms with Gasteiger partial charge in [-0.25, -0.2) is 4.98 Å². The highest BCUT2D eigenvalue weighted by Crippen LogP contribution is 2.45. The van der Waals surface area contributed by atoms with Gasteiger partial charge in [-0.2, -0.15) is 5.10 Å². The monoisotopic (exact) mass is 285 g/mol. The molecule has 4 rings (SSSR count). The average molecular weight is 285 g/mol. The van der Waals surface area contributed by atoms with E-state index in [4.69, 9.17) is 5.73 Å². The summed E-state index contributed by atoms with van der Waals surface area (Å²) in [6.07, 6.45) is 6.17. The van der Waals surface area contributed by atoms with Crippen molar-refractivity contribution in [1.82, 2.24) is 15.2 Å². The second kappa shape index (κ2) is 4.64. The van der Waals surface area contributed by atoms with Gasteiger partial charge in [0.1, 0.15) is 11.3 Å². The highest BCUT2D eigenvalue weighted by molar-refractivity contribution is 8.03. The van der Waals surface area contributed by atoms with E-state index in [2.05, 4.69) is 25.5 Å². The molecule has 3 N–H and O–H groups in total. The number of pyridine rings is 1. The summed E-state index contributed by atoms with van der Waals surface area (Å²) in [5, 5.41) is 9.47. The van der Waals surface area contributed by atoms with E-state index in [-0.39, 0.29) is 5.50 Å². The maximum atomic E-state index is 6.22. The van der Waals surface area contributed by atoms with Gasteiger partial charge in [0.05, 0.1) is 11.9 Å². The Morgan fingerprint density at radius 1 is 1.35 bits per heavy atom. The first-order chi connectivity index (χ1) is 9.84. The van der Waals surface area contributed by atoms with Gasteiger partial charge < -0.3 is 5.73 Å². The molecule has 0 amide bonds. The molecule has 1 saturated carbocycles. The first-order valence-corrected chi connectivity index (χ1v) is 7.64. The minimum Gasteiger partial charge on any atom is -0.302 e. The van der Waals surface area contributed by atoms with Crippen molar-refractivity contribution < 1.29 is 0 Å². The van der Waals surface area contributed by atoms with Crippen LogP contribution in [0.4, 0.5) is 5.82 Å². The van der Waals surface area contributed by atoms with Gasteiger partial charge in [0.2, 0.25) is 0 Å². The number of rotatable bonds is 3. The van der Waals surface area contributed by atoms with Gasteiger partial charge in [-0.3, -0.25) is 10.00 Å². The van der Waals surface area contributed by atoms with Gasteiger partial charge in [0, 0.05) is 23.4 Å². The van der Waals surface area contributed by atoms with Crippen LogP contribution in [-0.4, -0.2) is 20.7 Å². The molecule has 0 bridgehead atoms. The summed E-state index contributed by atoms with van der Waals surface area (Å²) in [5.41, 5.74) is 9.55. The van der Waals surface area contributed by atoms with Crippen LogP contribution in [0.2, 0.25) is 0 Å². The lowest BCUT2D eigenvalue weighted by molar-refractivity contribution is 0.911. The number of H-pyrrole nitrogens is 1. The van der Waals surface area contributed by atoms with Crippen molar-refractivity contribution in [2.75, 3.05) is 4.90 Å². The van der Waals surface area contributed by atoms with E-state index in [1.807, 2.05) is 24.4 Å². The largest absolute Gasteiger partial charge is 0.302 e. The van der Waals surface area contributed by atoms with E-state index in [9.17, 15) is 0 Å². The molecule has 2 aromatic heterocycles. The number of thioether (sulfide) groups is 1. The Hall–Kier alpha value is -1.79. The molecular formula is C14H15N5S. The molecule has 6 heteroatoms. The van der Waals surface area contributed by atoms with Crippen molar-refractivity contribution in [2.24, 2.45) is 5.73 Å². The summed E-state index contributed by atoms with van der Waals surface area (Å²) in [5.74, 6) is 1.50. The molecule has 0 spiro atoms. The molecule has 2 aromatic rings. The normalized spacial score (nSPS) is 22.1. The third kappa shape index (κ3) is 1.92. The predicted molar refractivity (Wildman–Crippen MR) is 80.8 cm³/mol. The molecule has 2 aliphatic rings. The van der Waals surface area contributed by atoms with Crippen LogP contribution in [0.5, 0.6) is 0 Å². The van der Waals surface area contributed by atoms with Crippen LogP contribution < -0.4 is 10.6 Å². The maximum Gasteiger partial charge on any atom is 0.135 e. The zero-order chi connectivity index (χ0) is 13.5. The first-order valence-electron chi connectivity index (χ1n) is 6.69. The third-order valence-electron chi connectivity index (χ3n) is 3.66. The van der Waals surface area contributed by atoms with Crippen LogP contribution in [0.3, 0.4) is 0 Å². The first kappa shape index (κ1) is 12.0. The van der Waals surface area contributed by atoms with E-state index < -0.39 is 0 Å². The molecule has 5 nitrogen and oxygen atoms in total.